The van der Waals surface area contributed by atoms with E-state index in [4.69, 9.17) is 4.74 Å². The molecule has 0 unspecified atom stereocenters. The molecule has 7 nitrogen and oxygen atoms in total. The Bertz CT molecular complexity index is 1290. The van der Waals surface area contributed by atoms with Gasteiger partial charge in [-0.15, -0.1) is 0 Å². The van der Waals surface area contributed by atoms with Gasteiger partial charge in [0.15, 0.2) is 5.65 Å². The number of ether oxygens (including phenoxy) is 1. The third-order valence-corrected chi connectivity index (χ3v) is 5.26. The summed E-state index contributed by atoms with van der Waals surface area (Å²) in [5.74, 6) is 0.435. The van der Waals surface area contributed by atoms with Crippen LogP contribution in [0.5, 0.6) is 5.75 Å². The summed E-state index contributed by atoms with van der Waals surface area (Å²) >= 11 is 0. The van der Waals surface area contributed by atoms with E-state index in [0.717, 1.165) is 22.7 Å². The summed E-state index contributed by atoms with van der Waals surface area (Å²) in [7, 11) is 0. The molecule has 31 heavy (non-hydrogen) atoms. The number of anilines is 1. The summed E-state index contributed by atoms with van der Waals surface area (Å²) in [6.07, 6.45) is 1.43. The van der Waals surface area contributed by atoms with E-state index in [1.165, 1.54) is 10.9 Å². The Morgan fingerprint density at radius 1 is 1.06 bits per heavy atom. The summed E-state index contributed by atoms with van der Waals surface area (Å²) in [4.78, 5) is 30.2. The summed E-state index contributed by atoms with van der Waals surface area (Å²) < 4.78 is 8.71. The van der Waals surface area contributed by atoms with Crippen molar-refractivity contribution in [2.75, 3.05) is 11.9 Å². The van der Waals surface area contributed by atoms with Gasteiger partial charge in [0.25, 0.3) is 5.56 Å². The molecule has 158 valence electrons. The van der Waals surface area contributed by atoms with Gasteiger partial charge in [-0.2, -0.15) is 0 Å². The molecule has 0 spiro atoms. The van der Waals surface area contributed by atoms with Gasteiger partial charge in [-0.05, 0) is 62.7 Å². The van der Waals surface area contributed by atoms with Gasteiger partial charge >= 0.3 is 0 Å². The number of carbonyl (C=O) groups excluding carboxylic acids is 1. The lowest BCUT2D eigenvalue weighted by Gasteiger charge is -2.09. The first-order valence-corrected chi connectivity index (χ1v) is 10.1. The van der Waals surface area contributed by atoms with E-state index in [1.807, 2.05) is 55.7 Å². The van der Waals surface area contributed by atoms with Crippen molar-refractivity contribution in [2.24, 2.45) is 0 Å². The number of aromatic nitrogens is 3. The van der Waals surface area contributed by atoms with Gasteiger partial charge in [-0.1, -0.05) is 18.2 Å². The number of aryl methyl sites for hydroxylation is 1. The first kappa shape index (κ1) is 20.4. The Morgan fingerprint density at radius 2 is 1.77 bits per heavy atom. The van der Waals surface area contributed by atoms with Crippen LogP contribution in [0.15, 0.2) is 65.7 Å². The van der Waals surface area contributed by atoms with Crippen molar-refractivity contribution in [2.45, 2.75) is 27.3 Å². The third-order valence-electron chi connectivity index (χ3n) is 5.26. The number of nitrogens with one attached hydrogen (secondary N) is 1. The Morgan fingerprint density at radius 3 is 2.45 bits per heavy atom. The second-order valence-electron chi connectivity index (χ2n) is 7.26. The summed E-state index contributed by atoms with van der Waals surface area (Å²) in [6, 6.07) is 16.9. The molecule has 0 fully saturated rings. The zero-order valence-electron chi connectivity index (χ0n) is 17.8. The number of amides is 1. The summed E-state index contributed by atoms with van der Waals surface area (Å²) in [6.45, 7) is 6.24. The van der Waals surface area contributed by atoms with Crippen LogP contribution in [-0.4, -0.2) is 26.6 Å². The lowest BCUT2D eigenvalue weighted by Crippen LogP contribution is -2.28. The predicted molar refractivity (Wildman–Crippen MR) is 121 cm³/mol. The SMILES string of the molecule is CCOc1ccc(NC(=O)Cn2cnc3c(c(C)c(C)n3-c3ccccc3)c2=O)cc1. The second-order valence-corrected chi connectivity index (χ2v) is 7.26. The molecule has 0 aliphatic carbocycles. The number of benzene rings is 2. The minimum atomic E-state index is -0.302. The van der Waals surface area contributed by atoms with Crippen LogP contribution in [0.4, 0.5) is 5.69 Å². The average molecular weight is 416 g/mol. The number of hydrogen-bond donors (Lipinski definition) is 1. The van der Waals surface area contributed by atoms with Gasteiger partial charge < -0.3 is 10.1 Å². The quantitative estimate of drug-likeness (QED) is 0.518. The van der Waals surface area contributed by atoms with Crippen LogP contribution in [0.3, 0.4) is 0 Å². The van der Waals surface area contributed by atoms with E-state index >= 15 is 0 Å². The van der Waals surface area contributed by atoms with Gasteiger partial charge in [-0.3, -0.25) is 18.7 Å². The average Bonchev–Trinajstić information content (AvgIpc) is 3.03. The first-order valence-electron chi connectivity index (χ1n) is 10.1. The highest BCUT2D eigenvalue weighted by Gasteiger charge is 2.18. The molecule has 1 N–H and O–H groups in total. The smallest absolute Gasteiger partial charge is 0.263 e. The molecule has 2 aromatic carbocycles. The second kappa shape index (κ2) is 8.47. The molecule has 0 aliphatic heterocycles. The van der Waals surface area contributed by atoms with Crippen molar-refractivity contribution in [1.29, 1.82) is 0 Å². The lowest BCUT2D eigenvalue weighted by atomic mass is 10.2. The highest BCUT2D eigenvalue weighted by molar-refractivity contribution is 5.91. The standard InChI is InChI=1S/C24H24N4O3/c1-4-31-20-12-10-18(11-13-20)26-21(29)14-27-15-25-23-22(24(27)30)16(2)17(3)28(23)19-8-6-5-7-9-19/h5-13,15H,4,14H2,1-3H3,(H,26,29). The van der Waals surface area contributed by atoms with Crippen LogP contribution in [0.1, 0.15) is 18.2 Å². The van der Waals surface area contributed by atoms with Crippen LogP contribution in [0, 0.1) is 13.8 Å². The molecule has 7 heteroatoms. The topological polar surface area (TPSA) is 78.2 Å². The van der Waals surface area contributed by atoms with Gasteiger partial charge in [0.2, 0.25) is 5.91 Å². The minimum absolute atomic E-state index is 0.121. The summed E-state index contributed by atoms with van der Waals surface area (Å²) in [5, 5.41) is 3.33. The van der Waals surface area contributed by atoms with E-state index in [1.54, 1.807) is 24.3 Å². The Labute approximate surface area is 179 Å². The number of carbonyl (C=O) groups is 1. The van der Waals surface area contributed by atoms with Crippen molar-refractivity contribution < 1.29 is 9.53 Å². The maximum Gasteiger partial charge on any atom is 0.263 e. The Kier molecular flexibility index (Phi) is 5.58. The van der Waals surface area contributed by atoms with Crippen LogP contribution in [-0.2, 0) is 11.3 Å². The van der Waals surface area contributed by atoms with E-state index < -0.39 is 0 Å². The molecular formula is C24H24N4O3. The maximum atomic E-state index is 13.2. The Hall–Kier alpha value is -3.87. The van der Waals surface area contributed by atoms with Crippen LogP contribution < -0.4 is 15.6 Å². The van der Waals surface area contributed by atoms with E-state index in [0.29, 0.717) is 23.3 Å². The van der Waals surface area contributed by atoms with Crippen molar-refractivity contribution >= 4 is 22.6 Å². The lowest BCUT2D eigenvalue weighted by molar-refractivity contribution is -0.116. The molecule has 2 heterocycles. The molecule has 0 bridgehead atoms. The molecule has 0 saturated heterocycles. The molecule has 4 rings (SSSR count). The molecule has 0 atom stereocenters. The van der Waals surface area contributed by atoms with Crippen molar-refractivity contribution in [3.63, 3.8) is 0 Å². The molecule has 0 saturated carbocycles. The third kappa shape index (κ3) is 3.94. The zero-order valence-corrected chi connectivity index (χ0v) is 17.8. The van der Waals surface area contributed by atoms with E-state index in [-0.39, 0.29) is 18.0 Å². The van der Waals surface area contributed by atoms with Gasteiger partial charge in [0.1, 0.15) is 18.6 Å². The molecule has 0 radical (unpaired) electrons. The molecule has 4 aromatic rings. The fourth-order valence-electron chi connectivity index (χ4n) is 3.65. The minimum Gasteiger partial charge on any atom is -0.494 e. The predicted octanol–water partition coefficient (Wildman–Crippen LogP) is 3.84. The van der Waals surface area contributed by atoms with E-state index in [9.17, 15) is 9.59 Å². The van der Waals surface area contributed by atoms with Crippen LogP contribution in [0.2, 0.25) is 0 Å². The fraction of sp³-hybridized carbons (Fsp3) is 0.208. The molecule has 0 aliphatic rings. The van der Waals surface area contributed by atoms with Gasteiger partial charge in [0.05, 0.1) is 12.0 Å². The van der Waals surface area contributed by atoms with Gasteiger partial charge in [-0.25, -0.2) is 4.98 Å². The van der Waals surface area contributed by atoms with Crippen molar-refractivity contribution in [3.8, 4) is 11.4 Å². The van der Waals surface area contributed by atoms with Crippen LogP contribution in [0.25, 0.3) is 16.7 Å². The molecule has 2 aromatic heterocycles. The summed E-state index contributed by atoms with van der Waals surface area (Å²) in [5.41, 5.74) is 3.74. The number of rotatable bonds is 6. The largest absolute Gasteiger partial charge is 0.494 e. The number of fused-ring (bicyclic) bond motifs is 1. The maximum absolute atomic E-state index is 13.2. The van der Waals surface area contributed by atoms with Crippen molar-refractivity contribution in [3.05, 3.63) is 82.5 Å². The van der Waals surface area contributed by atoms with Gasteiger partial charge in [0, 0.05) is 17.1 Å². The Balaban J connectivity index is 1.62. The zero-order chi connectivity index (χ0) is 22.0. The van der Waals surface area contributed by atoms with Crippen LogP contribution >= 0.6 is 0 Å². The molecule has 1 amide bonds. The van der Waals surface area contributed by atoms with Crippen molar-refractivity contribution in [1.82, 2.24) is 14.1 Å². The number of para-hydroxylation sites is 1. The monoisotopic (exact) mass is 416 g/mol. The highest BCUT2D eigenvalue weighted by atomic mass is 16.5. The molecular weight excluding hydrogens is 392 g/mol. The number of nitrogens with zero attached hydrogens (tertiary/aromatic N) is 3. The fourth-order valence-corrected chi connectivity index (χ4v) is 3.65. The normalized spacial score (nSPS) is 10.9. The highest BCUT2D eigenvalue weighted by Crippen LogP contribution is 2.24. The van der Waals surface area contributed by atoms with E-state index in [2.05, 4.69) is 10.3 Å². The number of hydrogen-bond acceptors (Lipinski definition) is 4. The first-order chi connectivity index (χ1) is 15.0.